The molecule has 0 aliphatic heterocycles. The number of amides is 1. The number of carbonyl (C=O) groups is 2. The molecule has 0 spiro atoms. The third-order valence-corrected chi connectivity index (χ3v) is 6.09. The first-order chi connectivity index (χ1) is 13.5. The van der Waals surface area contributed by atoms with Crippen molar-refractivity contribution >= 4 is 56.7 Å². The van der Waals surface area contributed by atoms with E-state index in [0.29, 0.717) is 16.3 Å². The monoisotopic (exact) mass is 483 g/mol. The van der Waals surface area contributed by atoms with Crippen molar-refractivity contribution in [3.63, 3.8) is 0 Å². The molecule has 7 heteroatoms. The molecule has 2 aromatic rings. The number of anilines is 1. The number of rotatable bonds is 6. The van der Waals surface area contributed by atoms with Crippen molar-refractivity contribution in [2.45, 2.75) is 25.4 Å². The molecule has 0 heterocycles. The fraction of sp³-hybridized carbons (Fsp3) is 0.333. The van der Waals surface area contributed by atoms with Gasteiger partial charge in [-0.1, -0.05) is 27.5 Å². The van der Waals surface area contributed by atoms with E-state index in [4.69, 9.17) is 27.9 Å². The smallest absolute Gasteiger partial charge is 0.338 e. The minimum atomic E-state index is -0.442. The highest BCUT2D eigenvalue weighted by atomic mass is 79.9. The Morgan fingerprint density at radius 2 is 1.79 bits per heavy atom. The Bertz CT molecular complexity index is 827. The van der Waals surface area contributed by atoms with Crippen molar-refractivity contribution in [2.24, 2.45) is 11.8 Å². The molecule has 1 saturated carbocycles. The van der Waals surface area contributed by atoms with Gasteiger partial charge in [-0.25, -0.2) is 4.79 Å². The number of ether oxygens (including phenoxy) is 1. The molecule has 1 aliphatic rings. The van der Waals surface area contributed by atoms with Gasteiger partial charge < -0.3 is 10.1 Å². The van der Waals surface area contributed by atoms with Gasteiger partial charge in [0.15, 0.2) is 0 Å². The van der Waals surface area contributed by atoms with Crippen molar-refractivity contribution in [3.05, 3.63) is 63.6 Å². The molecule has 0 bridgehead atoms. The van der Waals surface area contributed by atoms with Crippen LogP contribution in [0.1, 0.15) is 29.6 Å². The summed E-state index contributed by atoms with van der Waals surface area (Å²) in [5.41, 5.74) is 1.15. The highest BCUT2D eigenvalue weighted by molar-refractivity contribution is 9.10. The zero-order valence-corrected chi connectivity index (χ0v) is 18.1. The first kappa shape index (κ1) is 21.2. The van der Waals surface area contributed by atoms with E-state index in [1.54, 1.807) is 48.5 Å². The Kier molecular flexibility index (Phi) is 7.38. The molecule has 0 radical (unpaired) electrons. The summed E-state index contributed by atoms with van der Waals surface area (Å²) in [7, 11) is 0. The lowest BCUT2D eigenvalue weighted by molar-refractivity contribution is -0.122. The van der Waals surface area contributed by atoms with Crippen LogP contribution in [0.3, 0.4) is 0 Å². The van der Waals surface area contributed by atoms with E-state index < -0.39 is 5.92 Å². The average molecular weight is 485 g/mol. The van der Waals surface area contributed by atoms with Crippen molar-refractivity contribution in [1.29, 1.82) is 0 Å². The average Bonchev–Trinajstić information content (AvgIpc) is 3.12. The number of hydrogen-bond acceptors (Lipinski definition) is 3. The second kappa shape index (κ2) is 9.77. The van der Waals surface area contributed by atoms with E-state index in [9.17, 15) is 9.59 Å². The topological polar surface area (TPSA) is 55.4 Å². The second-order valence-electron chi connectivity index (χ2n) is 6.80. The van der Waals surface area contributed by atoms with Gasteiger partial charge in [0.2, 0.25) is 5.91 Å². The largest absolute Gasteiger partial charge is 0.458 e. The standard InChI is InChI=1S/C21H20BrCl2NO3/c22-14-6-4-13(5-7-14)21(27)28-19-3-1-2-17(19)18(12-23)20(26)25-16-10-8-15(24)9-11-16/h4-11,17-19H,1-3,12H2,(H,25,26). The van der Waals surface area contributed by atoms with Crippen LogP contribution in [0.2, 0.25) is 5.02 Å². The highest BCUT2D eigenvalue weighted by Crippen LogP contribution is 2.36. The number of hydrogen-bond donors (Lipinski definition) is 1. The highest BCUT2D eigenvalue weighted by Gasteiger charge is 2.39. The van der Waals surface area contributed by atoms with Gasteiger partial charge in [0, 0.05) is 27.0 Å². The number of carbonyl (C=O) groups excluding carboxylic acids is 2. The first-order valence-electron chi connectivity index (χ1n) is 9.07. The maximum atomic E-state index is 12.8. The van der Waals surface area contributed by atoms with E-state index in [0.717, 1.165) is 23.7 Å². The minimum Gasteiger partial charge on any atom is -0.458 e. The van der Waals surface area contributed by atoms with Gasteiger partial charge in [0.1, 0.15) is 6.10 Å². The molecule has 2 aromatic carbocycles. The van der Waals surface area contributed by atoms with E-state index in [1.165, 1.54) is 0 Å². The summed E-state index contributed by atoms with van der Waals surface area (Å²) < 4.78 is 6.63. The predicted molar refractivity (Wildman–Crippen MR) is 115 cm³/mol. The lowest BCUT2D eigenvalue weighted by Gasteiger charge is -2.26. The lowest BCUT2D eigenvalue weighted by Crippen LogP contribution is -2.36. The molecule has 1 amide bonds. The quantitative estimate of drug-likeness (QED) is 0.408. The van der Waals surface area contributed by atoms with Crippen LogP contribution in [-0.4, -0.2) is 23.9 Å². The maximum Gasteiger partial charge on any atom is 0.338 e. The Hall–Kier alpha value is -1.56. The number of benzene rings is 2. The molecule has 1 N–H and O–H groups in total. The molecule has 3 unspecified atom stereocenters. The predicted octanol–water partition coefficient (Wildman–Crippen LogP) is 5.92. The van der Waals surface area contributed by atoms with Crippen LogP contribution in [0.15, 0.2) is 53.0 Å². The molecular formula is C21H20BrCl2NO3. The summed E-state index contributed by atoms with van der Waals surface area (Å²) in [4.78, 5) is 25.3. The first-order valence-corrected chi connectivity index (χ1v) is 10.8. The fourth-order valence-corrected chi connectivity index (χ4v) is 4.26. The summed E-state index contributed by atoms with van der Waals surface area (Å²) in [6.45, 7) is 0. The molecule has 3 atom stereocenters. The van der Waals surface area contributed by atoms with E-state index in [-0.39, 0.29) is 29.8 Å². The van der Waals surface area contributed by atoms with E-state index in [2.05, 4.69) is 21.2 Å². The van der Waals surface area contributed by atoms with Gasteiger partial charge in [-0.2, -0.15) is 0 Å². The zero-order chi connectivity index (χ0) is 20.1. The van der Waals surface area contributed by atoms with Gasteiger partial charge in [0.05, 0.1) is 11.5 Å². The van der Waals surface area contributed by atoms with Gasteiger partial charge in [-0.05, 0) is 67.8 Å². The second-order valence-corrected chi connectivity index (χ2v) is 8.46. The van der Waals surface area contributed by atoms with Crippen molar-refractivity contribution in [2.75, 3.05) is 11.2 Å². The van der Waals surface area contributed by atoms with Gasteiger partial charge in [0.25, 0.3) is 0 Å². The lowest BCUT2D eigenvalue weighted by atomic mass is 9.89. The Labute approximate surface area is 182 Å². The number of nitrogens with one attached hydrogen (secondary N) is 1. The van der Waals surface area contributed by atoms with Crippen LogP contribution in [0.25, 0.3) is 0 Å². The molecule has 148 valence electrons. The number of halogens is 3. The molecule has 3 rings (SSSR count). The number of alkyl halides is 1. The third kappa shape index (κ3) is 5.28. The van der Waals surface area contributed by atoms with Crippen molar-refractivity contribution in [1.82, 2.24) is 0 Å². The Balaban J connectivity index is 1.66. The van der Waals surface area contributed by atoms with Gasteiger partial charge in [-0.15, -0.1) is 11.6 Å². The van der Waals surface area contributed by atoms with Crippen LogP contribution in [0, 0.1) is 11.8 Å². The van der Waals surface area contributed by atoms with Crippen LogP contribution in [-0.2, 0) is 9.53 Å². The normalized spacial score (nSPS) is 19.8. The SMILES string of the molecule is O=C(OC1CCCC1C(CCl)C(=O)Nc1ccc(Cl)cc1)c1ccc(Br)cc1. The Morgan fingerprint density at radius 3 is 2.43 bits per heavy atom. The minimum absolute atomic E-state index is 0.107. The van der Waals surface area contributed by atoms with Gasteiger partial charge in [-0.3, -0.25) is 4.79 Å². The summed E-state index contributed by atoms with van der Waals surface area (Å²) in [6.07, 6.45) is 2.10. The third-order valence-electron chi connectivity index (χ3n) is 4.97. The van der Waals surface area contributed by atoms with Crippen LogP contribution >= 0.6 is 39.1 Å². The summed E-state index contributed by atoms with van der Waals surface area (Å²) in [6, 6.07) is 13.9. The van der Waals surface area contributed by atoms with Crippen molar-refractivity contribution in [3.8, 4) is 0 Å². The molecule has 0 saturated heterocycles. The van der Waals surface area contributed by atoms with E-state index in [1.807, 2.05) is 0 Å². The molecule has 1 fully saturated rings. The molecule has 4 nitrogen and oxygen atoms in total. The fourth-order valence-electron chi connectivity index (χ4n) is 3.50. The summed E-state index contributed by atoms with van der Waals surface area (Å²) in [5.74, 6) is -0.937. The van der Waals surface area contributed by atoms with Crippen LogP contribution < -0.4 is 5.32 Å². The molecule has 28 heavy (non-hydrogen) atoms. The van der Waals surface area contributed by atoms with E-state index >= 15 is 0 Å². The zero-order valence-electron chi connectivity index (χ0n) is 15.0. The molecular weight excluding hydrogens is 465 g/mol. The maximum absolute atomic E-state index is 12.8. The Morgan fingerprint density at radius 1 is 1.11 bits per heavy atom. The summed E-state index contributed by atoms with van der Waals surface area (Å²) in [5, 5.41) is 3.48. The van der Waals surface area contributed by atoms with Crippen LogP contribution in [0.5, 0.6) is 0 Å². The van der Waals surface area contributed by atoms with Gasteiger partial charge >= 0.3 is 5.97 Å². The van der Waals surface area contributed by atoms with Crippen LogP contribution in [0.4, 0.5) is 5.69 Å². The molecule has 1 aliphatic carbocycles. The van der Waals surface area contributed by atoms with Crippen molar-refractivity contribution < 1.29 is 14.3 Å². The molecule has 0 aromatic heterocycles. The summed E-state index contributed by atoms with van der Waals surface area (Å²) >= 11 is 15.4. The number of esters is 1.